The highest BCUT2D eigenvalue weighted by Crippen LogP contribution is 2.28. The van der Waals surface area contributed by atoms with E-state index in [1.807, 2.05) is 66.9 Å². The molecule has 3 aromatic rings. The van der Waals surface area contributed by atoms with E-state index in [1.54, 1.807) is 13.8 Å². The molecule has 1 atom stereocenters. The molecule has 1 aromatic heterocycles. The smallest absolute Gasteiger partial charge is 0.319 e. The largest absolute Gasteiger partial charge is 0.485 e. The maximum atomic E-state index is 12.1. The van der Waals surface area contributed by atoms with Crippen molar-refractivity contribution in [2.24, 2.45) is 0 Å². The van der Waals surface area contributed by atoms with Gasteiger partial charge < -0.3 is 9.47 Å². The predicted octanol–water partition coefficient (Wildman–Crippen LogP) is 4.51. The summed E-state index contributed by atoms with van der Waals surface area (Å²) in [6.45, 7) is 8.26. The number of aromatic nitrogens is 3. The predicted molar refractivity (Wildman–Crippen MR) is 114 cm³/mol. The fourth-order valence-corrected chi connectivity index (χ4v) is 3.82. The van der Waals surface area contributed by atoms with Gasteiger partial charge in [0.1, 0.15) is 17.6 Å². The van der Waals surface area contributed by atoms with Crippen molar-refractivity contribution in [3.63, 3.8) is 0 Å². The summed E-state index contributed by atoms with van der Waals surface area (Å²) in [5.74, 6) is 1.25. The molecule has 0 saturated heterocycles. The minimum atomic E-state index is -0.394. The van der Waals surface area contributed by atoms with Gasteiger partial charge in [0, 0.05) is 5.69 Å². The first-order valence-corrected chi connectivity index (χ1v) is 10.4. The van der Waals surface area contributed by atoms with Crippen LogP contribution in [-0.2, 0) is 16.1 Å². The van der Waals surface area contributed by atoms with Crippen LogP contribution < -0.4 is 4.74 Å². The van der Waals surface area contributed by atoms with Crippen LogP contribution >= 0.6 is 11.8 Å². The second-order valence-electron chi connectivity index (χ2n) is 6.59. The molecule has 0 amide bonds. The Balaban J connectivity index is 1.89. The van der Waals surface area contributed by atoms with E-state index >= 15 is 0 Å². The number of para-hydroxylation sites is 2. The van der Waals surface area contributed by atoms with Crippen LogP contribution in [0.5, 0.6) is 5.75 Å². The SMILES string of the molecule is CCOC(=O)C(C)Sc1nnc(COc2c(C)cccc2C)n1-c1ccccc1. The van der Waals surface area contributed by atoms with E-state index in [1.165, 1.54) is 11.8 Å². The maximum Gasteiger partial charge on any atom is 0.319 e. The van der Waals surface area contributed by atoms with Crippen LogP contribution in [-0.4, -0.2) is 32.6 Å². The quantitative estimate of drug-likeness (QED) is 0.401. The van der Waals surface area contributed by atoms with E-state index in [0.29, 0.717) is 17.6 Å². The van der Waals surface area contributed by atoms with Crippen LogP contribution in [0, 0.1) is 13.8 Å². The van der Waals surface area contributed by atoms with Crippen molar-refractivity contribution in [2.45, 2.75) is 44.7 Å². The minimum absolute atomic E-state index is 0.266. The van der Waals surface area contributed by atoms with Crippen molar-refractivity contribution >= 4 is 17.7 Å². The molecule has 2 aromatic carbocycles. The highest BCUT2D eigenvalue weighted by Gasteiger charge is 2.22. The lowest BCUT2D eigenvalue weighted by Gasteiger charge is -2.14. The molecule has 0 aliphatic heterocycles. The zero-order chi connectivity index (χ0) is 20.8. The first-order chi connectivity index (χ1) is 14.0. The number of rotatable bonds is 8. The van der Waals surface area contributed by atoms with E-state index in [9.17, 15) is 4.79 Å². The molecule has 0 aliphatic rings. The fourth-order valence-electron chi connectivity index (χ4n) is 2.94. The van der Waals surface area contributed by atoms with Crippen molar-refractivity contribution < 1.29 is 14.3 Å². The first kappa shape index (κ1) is 20.9. The van der Waals surface area contributed by atoms with Crippen LogP contribution in [0.1, 0.15) is 30.8 Å². The summed E-state index contributed by atoms with van der Waals surface area (Å²) in [5.41, 5.74) is 3.05. The van der Waals surface area contributed by atoms with Crippen molar-refractivity contribution in [3.05, 3.63) is 65.5 Å². The lowest BCUT2D eigenvalue weighted by molar-refractivity contribution is -0.142. The Bertz CT molecular complexity index is 952. The average molecular weight is 412 g/mol. The number of nitrogens with zero attached hydrogens (tertiary/aromatic N) is 3. The van der Waals surface area contributed by atoms with Crippen molar-refractivity contribution in [3.8, 4) is 11.4 Å². The minimum Gasteiger partial charge on any atom is -0.485 e. The van der Waals surface area contributed by atoms with Crippen LogP contribution in [0.25, 0.3) is 5.69 Å². The Morgan fingerprint density at radius 1 is 1.07 bits per heavy atom. The van der Waals surface area contributed by atoms with Crippen molar-refractivity contribution in [2.75, 3.05) is 6.61 Å². The molecular formula is C22H25N3O3S. The van der Waals surface area contributed by atoms with Gasteiger partial charge in [0.05, 0.1) is 6.61 Å². The summed E-state index contributed by atoms with van der Waals surface area (Å²) in [6, 6.07) is 15.9. The molecule has 0 N–H and O–H groups in total. The number of ether oxygens (including phenoxy) is 2. The Kier molecular flexibility index (Phi) is 6.93. The molecule has 0 saturated carbocycles. The van der Waals surface area contributed by atoms with Gasteiger partial charge in [-0.3, -0.25) is 9.36 Å². The highest BCUT2D eigenvalue weighted by atomic mass is 32.2. The molecule has 6 nitrogen and oxygen atoms in total. The van der Waals surface area contributed by atoms with E-state index in [2.05, 4.69) is 10.2 Å². The van der Waals surface area contributed by atoms with Gasteiger partial charge in [-0.05, 0) is 51.0 Å². The summed E-state index contributed by atoms with van der Waals surface area (Å²) < 4.78 is 13.1. The first-order valence-electron chi connectivity index (χ1n) is 9.53. The van der Waals surface area contributed by atoms with E-state index in [-0.39, 0.29) is 12.6 Å². The topological polar surface area (TPSA) is 66.2 Å². The Morgan fingerprint density at radius 2 is 1.76 bits per heavy atom. The molecule has 1 heterocycles. The summed E-state index contributed by atoms with van der Waals surface area (Å²) in [5, 5.41) is 8.89. The third-order valence-electron chi connectivity index (χ3n) is 4.37. The molecule has 1 unspecified atom stereocenters. The van der Waals surface area contributed by atoms with Gasteiger partial charge >= 0.3 is 5.97 Å². The molecule has 7 heteroatoms. The summed E-state index contributed by atoms with van der Waals surface area (Å²) in [6.07, 6.45) is 0. The van der Waals surface area contributed by atoms with Gasteiger partial charge in [0.15, 0.2) is 11.0 Å². The van der Waals surface area contributed by atoms with Crippen LogP contribution in [0.2, 0.25) is 0 Å². The van der Waals surface area contributed by atoms with Gasteiger partial charge in [-0.2, -0.15) is 0 Å². The van der Waals surface area contributed by atoms with Crippen molar-refractivity contribution in [1.82, 2.24) is 14.8 Å². The lowest BCUT2D eigenvalue weighted by Crippen LogP contribution is -2.17. The van der Waals surface area contributed by atoms with Gasteiger partial charge in [0.2, 0.25) is 0 Å². The zero-order valence-corrected chi connectivity index (χ0v) is 17.9. The Morgan fingerprint density at radius 3 is 2.41 bits per heavy atom. The summed E-state index contributed by atoms with van der Waals surface area (Å²) in [4.78, 5) is 12.1. The van der Waals surface area contributed by atoms with Crippen molar-refractivity contribution in [1.29, 1.82) is 0 Å². The average Bonchev–Trinajstić information content (AvgIpc) is 3.10. The molecular weight excluding hydrogens is 386 g/mol. The third-order valence-corrected chi connectivity index (χ3v) is 5.39. The number of benzene rings is 2. The third kappa shape index (κ3) is 4.98. The second-order valence-corrected chi connectivity index (χ2v) is 7.90. The number of thioether (sulfide) groups is 1. The summed E-state index contributed by atoms with van der Waals surface area (Å²) >= 11 is 1.32. The highest BCUT2D eigenvalue weighted by molar-refractivity contribution is 8.00. The zero-order valence-electron chi connectivity index (χ0n) is 17.1. The van der Waals surface area contributed by atoms with E-state index in [0.717, 1.165) is 22.6 Å². The van der Waals surface area contributed by atoms with Crippen LogP contribution in [0.3, 0.4) is 0 Å². The lowest BCUT2D eigenvalue weighted by atomic mass is 10.1. The van der Waals surface area contributed by atoms with E-state index in [4.69, 9.17) is 9.47 Å². The normalized spacial score (nSPS) is 11.9. The molecule has 3 rings (SSSR count). The Hall–Kier alpha value is -2.80. The number of aryl methyl sites for hydroxylation is 2. The fraction of sp³-hybridized carbons (Fsp3) is 0.318. The molecule has 0 spiro atoms. The molecule has 29 heavy (non-hydrogen) atoms. The van der Waals surface area contributed by atoms with Gasteiger partial charge in [-0.1, -0.05) is 48.2 Å². The number of carbonyl (C=O) groups is 1. The van der Waals surface area contributed by atoms with Crippen LogP contribution in [0.4, 0.5) is 0 Å². The van der Waals surface area contributed by atoms with E-state index < -0.39 is 5.25 Å². The van der Waals surface area contributed by atoms with Crippen LogP contribution in [0.15, 0.2) is 53.7 Å². The maximum absolute atomic E-state index is 12.1. The Labute approximate surface area is 175 Å². The molecule has 152 valence electrons. The number of carbonyl (C=O) groups excluding carboxylic acids is 1. The molecule has 0 radical (unpaired) electrons. The molecule has 0 bridgehead atoms. The standard InChI is InChI=1S/C22H25N3O3S/c1-5-27-21(26)17(4)29-22-24-23-19(25(22)18-12-7-6-8-13-18)14-28-20-15(2)10-9-11-16(20)3/h6-13,17H,5,14H2,1-4H3. The van der Waals surface area contributed by atoms with Gasteiger partial charge in [0.25, 0.3) is 0 Å². The number of hydrogen-bond donors (Lipinski definition) is 0. The number of hydrogen-bond acceptors (Lipinski definition) is 6. The second kappa shape index (κ2) is 9.60. The molecule has 0 aliphatic carbocycles. The molecule has 0 fully saturated rings. The number of esters is 1. The van der Waals surface area contributed by atoms with Gasteiger partial charge in [-0.25, -0.2) is 0 Å². The monoisotopic (exact) mass is 411 g/mol. The van der Waals surface area contributed by atoms with Gasteiger partial charge in [-0.15, -0.1) is 10.2 Å². The summed E-state index contributed by atoms with van der Waals surface area (Å²) in [7, 11) is 0.